The molecule has 0 aromatic heterocycles. The molecule has 0 nitrogen and oxygen atoms in total. The van der Waals surface area contributed by atoms with Crippen LogP contribution in [0.5, 0.6) is 0 Å². The number of halogens is 1. The molecule has 0 aliphatic heterocycles. The Kier molecular flexibility index (Phi) is 7.92. The highest BCUT2D eigenvalue weighted by Gasteiger charge is 2.30. The second kappa shape index (κ2) is 5.77. The van der Waals surface area contributed by atoms with Crippen LogP contribution in [0.4, 0.5) is 0 Å². The maximum Gasteiger partial charge on any atom is 0.0638 e. The minimum Gasteiger partial charge on any atom is -1.00 e. The van der Waals surface area contributed by atoms with Gasteiger partial charge in [0.15, 0.2) is 0 Å². The average Bonchev–Trinajstić information content (AvgIpc) is 1.86. The van der Waals surface area contributed by atoms with Crippen molar-refractivity contribution >= 4 is 7.26 Å². The Balaban J connectivity index is 0. The van der Waals surface area contributed by atoms with E-state index in [1.165, 1.54) is 12.3 Å². The van der Waals surface area contributed by atoms with Crippen LogP contribution < -0.4 is 24.0 Å². The average molecular weight is 274 g/mol. The first kappa shape index (κ1) is 13.7. The van der Waals surface area contributed by atoms with Crippen LogP contribution in [0.2, 0.25) is 0 Å². The van der Waals surface area contributed by atoms with Crippen molar-refractivity contribution in [3.63, 3.8) is 0 Å². The summed E-state index contributed by atoms with van der Waals surface area (Å²) in [4.78, 5) is 0. The third kappa shape index (κ3) is 3.52. The van der Waals surface area contributed by atoms with Crippen LogP contribution in [0.25, 0.3) is 0 Å². The summed E-state index contributed by atoms with van der Waals surface area (Å²) in [6, 6.07) is 0. The molecule has 0 saturated heterocycles. The zero-order valence-electron chi connectivity index (χ0n) is 7.82. The van der Waals surface area contributed by atoms with Gasteiger partial charge in [-0.1, -0.05) is 0 Å². The Morgan fingerprint density at radius 2 is 1.40 bits per heavy atom. The first-order valence-corrected chi connectivity index (χ1v) is 6.58. The van der Waals surface area contributed by atoms with Crippen molar-refractivity contribution in [1.29, 1.82) is 0 Å². The van der Waals surface area contributed by atoms with Crippen molar-refractivity contribution in [2.45, 2.75) is 33.4 Å². The van der Waals surface area contributed by atoms with Crippen molar-refractivity contribution < 1.29 is 24.0 Å². The molecule has 0 aromatic carbocycles. The van der Waals surface area contributed by atoms with E-state index in [4.69, 9.17) is 0 Å². The van der Waals surface area contributed by atoms with Crippen molar-refractivity contribution in [2.24, 2.45) is 0 Å². The molecule has 0 aromatic rings. The summed E-state index contributed by atoms with van der Waals surface area (Å²) in [7, 11) is -0.503. The molecule has 0 amide bonds. The number of rotatable bonds is 3. The van der Waals surface area contributed by atoms with Gasteiger partial charge in [-0.25, -0.2) is 0 Å². The molecule has 0 bridgehead atoms. The van der Waals surface area contributed by atoms with Crippen molar-refractivity contribution in [3.05, 3.63) is 0 Å². The molecule has 0 N–H and O–H groups in total. The number of hydrogen-bond acceptors (Lipinski definition) is 0. The van der Waals surface area contributed by atoms with E-state index in [2.05, 4.69) is 34.4 Å². The molecule has 2 heteroatoms. The van der Waals surface area contributed by atoms with E-state index in [0.717, 1.165) is 5.66 Å². The summed E-state index contributed by atoms with van der Waals surface area (Å²) in [5.41, 5.74) is 0.937. The largest absolute Gasteiger partial charge is 1.00 e. The Morgan fingerprint density at radius 3 is 1.40 bits per heavy atom. The summed E-state index contributed by atoms with van der Waals surface area (Å²) in [5.74, 6) is 0. The fourth-order valence-corrected chi connectivity index (χ4v) is 2.86. The van der Waals surface area contributed by atoms with Gasteiger partial charge in [0.05, 0.1) is 18.0 Å². The predicted octanol–water partition coefficient (Wildman–Crippen LogP) is 0.0860. The fraction of sp³-hybridized carbons (Fsp3) is 1.00. The normalized spacial score (nSPS) is 11.4. The quantitative estimate of drug-likeness (QED) is 0.505. The molecule has 0 fully saturated rings. The summed E-state index contributed by atoms with van der Waals surface area (Å²) in [5, 5.41) is 0. The van der Waals surface area contributed by atoms with Crippen LogP contribution in [0.3, 0.4) is 0 Å². The zero-order chi connectivity index (χ0) is 7.49. The van der Waals surface area contributed by atoms with Gasteiger partial charge in [0.25, 0.3) is 0 Å². The molecular formula is C8H20IP. The third-order valence-corrected chi connectivity index (χ3v) is 8.07. The second-order valence-electron chi connectivity index (χ2n) is 3.21. The first-order chi connectivity index (χ1) is 4.06. The van der Waals surface area contributed by atoms with E-state index < -0.39 is 7.26 Å². The highest BCUT2D eigenvalue weighted by molar-refractivity contribution is 7.75. The minimum absolute atomic E-state index is 0. The van der Waals surface area contributed by atoms with Crippen molar-refractivity contribution in [1.82, 2.24) is 0 Å². The Morgan fingerprint density at radius 1 is 1.10 bits per heavy atom. The molecule has 0 heterocycles. The summed E-state index contributed by atoms with van der Waals surface area (Å²) < 4.78 is 0. The van der Waals surface area contributed by atoms with Gasteiger partial charge >= 0.3 is 0 Å². The highest BCUT2D eigenvalue weighted by Crippen LogP contribution is 2.58. The van der Waals surface area contributed by atoms with Crippen LogP contribution in [-0.2, 0) is 0 Å². The lowest BCUT2D eigenvalue weighted by molar-refractivity contribution is -0.00000228. The van der Waals surface area contributed by atoms with Gasteiger partial charge in [0, 0.05) is 13.9 Å². The lowest BCUT2D eigenvalue weighted by Crippen LogP contribution is -3.00. The van der Waals surface area contributed by atoms with Crippen molar-refractivity contribution in [2.75, 3.05) is 19.0 Å². The summed E-state index contributed by atoms with van der Waals surface area (Å²) in [6.45, 7) is 11.9. The van der Waals surface area contributed by atoms with Gasteiger partial charge in [0.2, 0.25) is 0 Å². The van der Waals surface area contributed by atoms with Gasteiger partial charge in [-0.3, -0.25) is 0 Å². The second-order valence-corrected chi connectivity index (χ2v) is 8.46. The molecule has 64 valence electrons. The van der Waals surface area contributed by atoms with E-state index in [1.54, 1.807) is 0 Å². The Hall–Kier alpha value is 1.16. The lowest BCUT2D eigenvalue weighted by atomic mass is 10.6. The zero-order valence-corrected chi connectivity index (χ0v) is 10.9. The van der Waals surface area contributed by atoms with E-state index in [0.29, 0.717) is 0 Å². The van der Waals surface area contributed by atoms with Crippen molar-refractivity contribution in [3.8, 4) is 0 Å². The fourth-order valence-electron chi connectivity index (χ4n) is 0.954. The molecule has 0 unspecified atom stereocenters. The minimum atomic E-state index is -0.503. The predicted molar refractivity (Wildman–Crippen MR) is 49.1 cm³/mol. The Labute approximate surface area is 83.5 Å². The third-order valence-electron chi connectivity index (χ3n) is 2.69. The molecule has 0 spiro atoms. The van der Waals surface area contributed by atoms with Crippen LogP contribution in [0, 0.1) is 0 Å². The first-order valence-electron chi connectivity index (χ1n) is 3.91. The molecule has 0 saturated carbocycles. The van der Waals surface area contributed by atoms with E-state index >= 15 is 0 Å². The summed E-state index contributed by atoms with van der Waals surface area (Å²) >= 11 is 0. The van der Waals surface area contributed by atoms with Crippen LogP contribution in [-0.4, -0.2) is 24.6 Å². The standard InChI is InChI=1S/C8H20P.HI/c1-6-9(5,7-2)8(3)4;/h8H,6-7H2,1-5H3;1H/q+1;/p-1. The van der Waals surface area contributed by atoms with Crippen LogP contribution in [0.1, 0.15) is 27.7 Å². The Bertz CT molecular complexity index is 77.3. The smallest absolute Gasteiger partial charge is 0.0638 e. The van der Waals surface area contributed by atoms with E-state index in [9.17, 15) is 0 Å². The van der Waals surface area contributed by atoms with Gasteiger partial charge in [0.1, 0.15) is 0 Å². The molecule has 10 heavy (non-hydrogen) atoms. The van der Waals surface area contributed by atoms with Gasteiger partial charge in [-0.05, 0) is 27.7 Å². The molecule has 0 radical (unpaired) electrons. The maximum absolute atomic E-state index is 2.48. The molecular weight excluding hydrogens is 254 g/mol. The highest BCUT2D eigenvalue weighted by atomic mass is 127. The number of hydrogen-bond donors (Lipinski definition) is 0. The molecule has 0 aliphatic carbocycles. The van der Waals surface area contributed by atoms with Crippen LogP contribution >= 0.6 is 7.26 Å². The van der Waals surface area contributed by atoms with Gasteiger partial charge in [-0.15, -0.1) is 0 Å². The summed E-state index contributed by atoms with van der Waals surface area (Å²) in [6.07, 6.45) is 2.84. The maximum atomic E-state index is 2.48. The lowest BCUT2D eigenvalue weighted by Gasteiger charge is -2.23. The molecule has 0 aliphatic rings. The monoisotopic (exact) mass is 274 g/mol. The van der Waals surface area contributed by atoms with Crippen LogP contribution in [0.15, 0.2) is 0 Å². The van der Waals surface area contributed by atoms with E-state index in [-0.39, 0.29) is 24.0 Å². The van der Waals surface area contributed by atoms with E-state index in [1.807, 2.05) is 0 Å². The van der Waals surface area contributed by atoms with Gasteiger partial charge < -0.3 is 24.0 Å². The molecule has 0 rings (SSSR count). The molecule has 0 atom stereocenters. The topological polar surface area (TPSA) is 0 Å². The SMILES string of the molecule is CC[P+](C)(CC)C(C)C.[I-]. The van der Waals surface area contributed by atoms with Gasteiger partial charge in [-0.2, -0.15) is 0 Å².